The minimum absolute atomic E-state index is 0.0565. The predicted octanol–water partition coefficient (Wildman–Crippen LogP) is 5.91. The van der Waals surface area contributed by atoms with Crippen molar-refractivity contribution < 1.29 is 24.2 Å². The topological polar surface area (TPSA) is 97.2 Å². The summed E-state index contributed by atoms with van der Waals surface area (Å²) in [6.07, 6.45) is 1.71. The molecule has 3 aromatic rings. The van der Waals surface area contributed by atoms with Crippen molar-refractivity contribution in [2.75, 3.05) is 6.61 Å². The fraction of sp³-hybridized carbons (Fsp3) is 0.115. The summed E-state index contributed by atoms with van der Waals surface area (Å²) in [5.74, 6) is -0.305. The number of carbonyl (C=O) groups excluding carboxylic acids is 1. The summed E-state index contributed by atoms with van der Waals surface area (Å²) in [6, 6.07) is 19.2. The molecule has 0 atom stereocenters. The molecule has 1 saturated heterocycles. The number of carboxylic acids is 1. The normalized spacial score (nSPS) is 15.3. The summed E-state index contributed by atoms with van der Waals surface area (Å²) < 4.78 is 11.7. The molecule has 0 radical (unpaired) electrons. The Balaban J connectivity index is 1.54. The van der Waals surface area contributed by atoms with Gasteiger partial charge in [0.1, 0.15) is 6.61 Å². The van der Waals surface area contributed by atoms with Crippen molar-refractivity contribution in [3.05, 3.63) is 93.3 Å². The van der Waals surface area contributed by atoms with Gasteiger partial charge in [0.25, 0.3) is 5.91 Å². The Labute approximate surface area is 211 Å². The average Bonchev–Trinajstić information content (AvgIpc) is 3.18. The van der Waals surface area contributed by atoms with Crippen molar-refractivity contribution in [2.24, 2.45) is 4.99 Å². The highest BCUT2D eigenvalue weighted by atomic mass is 35.5. The Hall–Kier alpha value is -3.75. The lowest BCUT2D eigenvalue weighted by Crippen LogP contribution is -2.19. The Morgan fingerprint density at radius 3 is 2.63 bits per heavy atom. The van der Waals surface area contributed by atoms with Crippen molar-refractivity contribution in [3.63, 3.8) is 0 Å². The Morgan fingerprint density at radius 1 is 1.09 bits per heavy atom. The minimum Gasteiger partial charge on any atom is -0.490 e. The van der Waals surface area contributed by atoms with Gasteiger partial charge in [0.05, 0.1) is 22.8 Å². The maximum atomic E-state index is 12.5. The van der Waals surface area contributed by atoms with Crippen LogP contribution in [0.3, 0.4) is 0 Å². The van der Waals surface area contributed by atoms with Crippen LogP contribution in [-0.2, 0) is 11.4 Å². The van der Waals surface area contributed by atoms with Gasteiger partial charge in [-0.15, -0.1) is 0 Å². The van der Waals surface area contributed by atoms with Gasteiger partial charge in [-0.25, -0.2) is 9.79 Å². The lowest BCUT2D eigenvalue weighted by atomic mass is 10.2. The molecule has 3 aromatic carbocycles. The minimum atomic E-state index is -1.09. The fourth-order valence-corrected chi connectivity index (χ4v) is 4.29. The average molecular weight is 509 g/mol. The van der Waals surface area contributed by atoms with Crippen molar-refractivity contribution in [1.29, 1.82) is 0 Å². The van der Waals surface area contributed by atoms with Gasteiger partial charge in [-0.2, -0.15) is 0 Å². The van der Waals surface area contributed by atoms with Gasteiger partial charge < -0.3 is 19.9 Å². The lowest BCUT2D eigenvalue weighted by molar-refractivity contribution is -0.115. The van der Waals surface area contributed by atoms with E-state index in [0.29, 0.717) is 33.2 Å². The standard InChI is InChI=1S/C26H21ClN2O5S/c1-2-33-22-13-16(11-12-21(22)34-15-17-7-3-5-9-19(17)27)14-23-24(30)29-26(35-23)28-20-10-6-4-8-18(20)25(31)32/h3-14H,2,15H2,1H3,(H,31,32)(H,28,29,30)/b23-14-. The number of hydrogen-bond donors (Lipinski definition) is 2. The zero-order chi connectivity index (χ0) is 24.8. The summed E-state index contributed by atoms with van der Waals surface area (Å²) in [6.45, 7) is 2.61. The van der Waals surface area contributed by atoms with Gasteiger partial charge in [0.2, 0.25) is 0 Å². The van der Waals surface area contributed by atoms with Crippen molar-refractivity contribution >= 4 is 52.2 Å². The van der Waals surface area contributed by atoms with E-state index >= 15 is 0 Å². The van der Waals surface area contributed by atoms with Crippen LogP contribution < -0.4 is 14.8 Å². The van der Waals surface area contributed by atoms with Gasteiger partial charge in [0, 0.05) is 10.6 Å². The maximum absolute atomic E-state index is 12.5. The van der Waals surface area contributed by atoms with Crippen LogP contribution in [0.25, 0.3) is 6.08 Å². The Bertz CT molecular complexity index is 1340. The highest BCUT2D eigenvalue weighted by Crippen LogP contribution is 2.33. The molecule has 0 unspecified atom stereocenters. The number of halogens is 1. The first-order valence-corrected chi connectivity index (χ1v) is 11.9. The number of nitrogens with zero attached hydrogens (tertiary/aromatic N) is 1. The van der Waals surface area contributed by atoms with Crippen LogP contribution in [0, 0.1) is 0 Å². The van der Waals surface area contributed by atoms with Gasteiger partial charge in [0.15, 0.2) is 16.7 Å². The number of amidine groups is 1. The third kappa shape index (κ3) is 6.03. The molecule has 1 aliphatic rings. The molecule has 178 valence electrons. The van der Waals surface area contributed by atoms with E-state index in [4.69, 9.17) is 21.1 Å². The van der Waals surface area contributed by atoms with E-state index < -0.39 is 5.97 Å². The molecule has 1 amide bonds. The van der Waals surface area contributed by atoms with Gasteiger partial charge in [-0.1, -0.05) is 48.0 Å². The SMILES string of the molecule is CCOc1cc(/C=C2\SC(=Nc3ccccc3C(=O)O)NC2=O)ccc1OCc1ccccc1Cl. The summed E-state index contributed by atoms with van der Waals surface area (Å²) in [7, 11) is 0. The number of carboxylic acid groups (broad SMARTS) is 1. The third-order valence-electron chi connectivity index (χ3n) is 4.91. The van der Waals surface area contributed by atoms with Crippen molar-refractivity contribution in [1.82, 2.24) is 5.32 Å². The number of aromatic carboxylic acids is 1. The molecule has 1 fully saturated rings. The number of thioether (sulfide) groups is 1. The first-order valence-electron chi connectivity index (χ1n) is 10.7. The van der Waals surface area contributed by atoms with Gasteiger partial charge in [-0.05, 0) is 60.7 Å². The number of para-hydroxylation sites is 1. The number of ether oxygens (including phenoxy) is 2. The van der Waals surface area contributed by atoms with Crippen LogP contribution in [0.4, 0.5) is 5.69 Å². The number of carbonyl (C=O) groups is 2. The molecular weight excluding hydrogens is 488 g/mol. The molecule has 7 nitrogen and oxygen atoms in total. The monoisotopic (exact) mass is 508 g/mol. The zero-order valence-corrected chi connectivity index (χ0v) is 20.2. The smallest absolute Gasteiger partial charge is 0.337 e. The largest absolute Gasteiger partial charge is 0.490 e. The fourth-order valence-electron chi connectivity index (χ4n) is 3.27. The van der Waals surface area contributed by atoms with E-state index in [1.54, 1.807) is 42.5 Å². The summed E-state index contributed by atoms with van der Waals surface area (Å²) in [5.41, 5.74) is 1.92. The summed E-state index contributed by atoms with van der Waals surface area (Å²) in [5, 5.41) is 13.0. The molecule has 35 heavy (non-hydrogen) atoms. The second-order valence-electron chi connectivity index (χ2n) is 7.32. The quantitative estimate of drug-likeness (QED) is 0.367. The number of nitrogens with one attached hydrogen (secondary N) is 1. The molecule has 0 aliphatic carbocycles. The molecule has 0 saturated carbocycles. The second-order valence-corrected chi connectivity index (χ2v) is 8.76. The molecule has 0 spiro atoms. The molecule has 2 N–H and O–H groups in total. The second kappa shape index (κ2) is 11.1. The molecule has 1 aliphatic heterocycles. The highest BCUT2D eigenvalue weighted by molar-refractivity contribution is 8.18. The molecule has 9 heteroatoms. The molecule has 0 aromatic heterocycles. The van der Waals surface area contributed by atoms with Crippen LogP contribution in [-0.4, -0.2) is 28.8 Å². The number of aliphatic imine (C=N–C) groups is 1. The van der Waals surface area contributed by atoms with E-state index in [9.17, 15) is 14.7 Å². The lowest BCUT2D eigenvalue weighted by Gasteiger charge is -2.13. The zero-order valence-electron chi connectivity index (χ0n) is 18.7. The molecule has 1 heterocycles. The maximum Gasteiger partial charge on any atom is 0.337 e. The van der Waals surface area contributed by atoms with Crippen LogP contribution in [0.2, 0.25) is 5.02 Å². The predicted molar refractivity (Wildman–Crippen MR) is 138 cm³/mol. The van der Waals surface area contributed by atoms with E-state index in [1.807, 2.05) is 31.2 Å². The van der Waals surface area contributed by atoms with Gasteiger partial charge in [-0.3, -0.25) is 4.79 Å². The number of rotatable bonds is 8. The third-order valence-corrected chi connectivity index (χ3v) is 6.19. The molecule has 0 bridgehead atoms. The summed E-state index contributed by atoms with van der Waals surface area (Å²) in [4.78, 5) is 28.7. The van der Waals surface area contributed by atoms with Crippen LogP contribution in [0.5, 0.6) is 11.5 Å². The van der Waals surface area contributed by atoms with Gasteiger partial charge >= 0.3 is 5.97 Å². The van der Waals surface area contributed by atoms with Crippen molar-refractivity contribution in [2.45, 2.75) is 13.5 Å². The Morgan fingerprint density at radius 2 is 1.86 bits per heavy atom. The highest BCUT2D eigenvalue weighted by Gasteiger charge is 2.24. The molecular formula is C26H21ClN2O5S. The van der Waals surface area contributed by atoms with E-state index in [-0.39, 0.29) is 23.8 Å². The van der Waals surface area contributed by atoms with Crippen LogP contribution >= 0.6 is 23.4 Å². The van der Waals surface area contributed by atoms with E-state index in [1.165, 1.54) is 6.07 Å². The number of benzene rings is 3. The van der Waals surface area contributed by atoms with E-state index in [2.05, 4.69) is 10.3 Å². The van der Waals surface area contributed by atoms with Crippen molar-refractivity contribution in [3.8, 4) is 11.5 Å². The molecule has 4 rings (SSSR count). The summed E-state index contributed by atoms with van der Waals surface area (Å²) >= 11 is 7.35. The van der Waals surface area contributed by atoms with Crippen LogP contribution in [0.1, 0.15) is 28.4 Å². The number of amides is 1. The first kappa shape index (κ1) is 24.4. The first-order chi connectivity index (χ1) is 16.9. The number of hydrogen-bond acceptors (Lipinski definition) is 6. The van der Waals surface area contributed by atoms with Crippen LogP contribution in [0.15, 0.2) is 76.6 Å². The Kier molecular flexibility index (Phi) is 7.74. The van der Waals surface area contributed by atoms with E-state index in [0.717, 1.165) is 22.9 Å².